The standard InChI is InChI=1S/C27H32FNO3/c28-25-20(17-29-16-11-21(18-29)26(30)31)3-1-4-24(25)19-5-7-22(8-6-19)32-23-9-14-27(15-10-23)12-2-13-27/h1,3-8,21,23H,2,9-18H2,(H,30,31). The third-order valence-corrected chi connectivity index (χ3v) is 7.97. The van der Waals surface area contributed by atoms with Crippen molar-refractivity contribution in [3.8, 4) is 16.9 Å². The molecule has 2 aromatic carbocycles. The summed E-state index contributed by atoms with van der Waals surface area (Å²) in [6.45, 7) is 1.61. The summed E-state index contributed by atoms with van der Waals surface area (Å²) in [5.41, 5.74) is 2.66. The summed E-state index contributed by atoms with van der Waals surface area (Å²) < 4.78 is 21.5. The van der Waals surface area contributed by atoms with E-state index in [4.69, 9.17) is 4.74 Å². The van der Waals surface area contributed by atoms with Gasteiger partial charge in [-0.05, 0) is 74.6 Å². The van der Waals surface area contributed by atoms with Crippen LogP contribution >= 0.6 is 0 Å². The molecule has 5 rings (SSSR count). The molecule has 1 saturated heterocycles. The molecule has 1 spiro atoms. The van der Waals surface area contributed by atoms with Crippen LogP contribution in [-0.4, -0.2) is 35.2 Å². The Hall–Kier alpha value is -2.40. The second-order valence-corrected chi connectivity index (χ2v) is 10.0. The SMILES string of the molecule is O=C(O)C1CCN(Cc2cccc(-c3ccc(OC4CCC5(CCC5)CC4)cc3)c2F)C1. The van der Waals surface area contributed by atoms with Crippen LogP contribution in [0.2, 0.25) is 0 Å². The van der Waals surface area contributed by atoms with Gasteiger partial charge in [0.15, 0.2) is 0 Å². The highest BCUT2D eigenvalue weighted by molar-refractivity contribution is 5.70. The largest absolute Gasteiger partial charge is 0.490 e. The van der Waals surface area contributed by atoms with Crippen LogP contribution in [0.25, 0.3) is 11.1 Å². The Balaban J connectivity index is 1.22. The molecule has 0 radical (unpaired) electrons. The lowest BCUT2D eigenvalue weighted by atomic mass is 9.60. The Morgan fingerprint density at radius 3 is 2.44 bits per heavy atom. The zero-order valence-electron chi connectivity index (χ0n) is 18.6. The highest BCUT2D eigenvalue weighted by Crippen LogP contribution is 2.51. The van der Waals surface area contributed by atoms with Gasteiger partial charge >= 0.3 is 5.97 Å². The highest BCUT2D eigenvalue weighted by atomic mass is 19.1. The van der Waals surface area contributed by atoms with E-state index in [9.17, 15) is 9.90 Å². The first kappa shape index (κ1) is 21.4. The van der Waals surface area contributed by atoms with Crippen LogP contribution in [0.3, 0.4) is 0 Å². The van der Waals surface area contributed by atoms with Crippen LogP contribution in [0.5, 0.6) is 5.75 Å². The van der Waals surface area contributed by atoms with E-state index in [0.717, 1.165) is 24.2 Å². The minimum atomic E-state index is -0.764. The van der Waals surface area contributed by atoms with E-state index in [1.54, 1.807) is 12.1 Å². The van der Waals surface area contributed by atoms with Gasteiger partial charge in [0.2, 0.25) is 0 Å². The third kappa shape index (κ3) is 4.40. The van der Waals surface area contributed by atoms with Gasteiger partial charge in [-0.1, -0.05) is 36.8 Å². The fourth-order valence-corrected chi connectivity index (χ4v) is 5.75. The van der Waals surface area contributed by atoms with E-state index in [0.29, 0.717) is 48.7 Å². The molecule has 32 heavy (non-hydrogen) atoms. The Kier molecular flexibility index (Phi) is 5.93. The van der Waals surface area contributed by atoms with Crippen LogP contribution < -0.4 is 4.74 Å². The highest BCUT2D eigenvalue weighted by Gasteiger charge is 2.40. The number of aliphatic carboxylic acids is 1. The lowest BCUT2D eigenvalue weighted by Crippen LogP contribution is -2.37. The Morgan fingerprint density at radius 2 is 1.81 bits per heavy atom. The van der Waals surface area contributed by atoms with Crippen LogP contribution in [0.15, 0.2) is 42.5 Å². The lowest BCUT2D eigenvalue weighted by Gasteiger charge is -2.46. The van der Waals surface area contributed by atoms with Crippen molar-refractivity contribution in [2.24, 2.45) is 11.3 Å². The molecule has 2 aromatic rings. The quantitative estimate of drug-likeness (QED) is 0.612. The summed E-state index contributed by atoms with van der Waals surface area (Å²) >= 11 is 0. The molecule has 1 heterocycles. The van der Waals surface area contributed by atoms with Crippen molar-refractivity contribution >= 4 is 5.97 Å². The number of carboxylic acids is 1. The lowest BCUT2D eigenvalue weighted by molar-refractivity contribution is -0.141. The molecule has 2 aliphatic carbocycles. The summed E-state index contributed by atoms with van der Waals surface area (Å²) in [4.78, 5) is 13.2. The first-order chi connectivity index (χ1) is 15.5. The average Bonchev–Trinajstić information content (AvgIpc) is 3.24. The number of benzene rings is 2. The van der Waals surface area contributed by atoms with E-state index in [1.165, 1.54) is 32.1 Å². The zero-order chi connectivity index (χ0) is 22.1. The first-order valence-electron chi connectivity index (χ1n) is 12.0. The Bertz CT molecular complexity index is 959. The molecule has 0 amide bonds. The third-order valence-electron chi connectivity index (χ3n) is 7.97. The number of ether oxygens (including phenoxy) is 1. The van der Waals surface area contributed by atoms with E-state index in [-0.39, 0.29) is 11.7 Å². The molecular formula is C27H32FNO3. The number of carbonyl (C=O) groups is 1. The van der Waals surface area contributed by atoms with Crippen LogP contribution in [0, 0.1) is 17.2 Å². The van der Waals surface area contributed by atoms with Crippen LogP contribution in [-0.2, 0) is 11.3 Å². The first-order valence-corrected chi connectivity index (χ1v) is 12.0. The van der Waals surface area contributed by atoms with E-state index in [2.05, 4.69) is 0 Å². The number of rotatable bonds is 6. The Labute approximate surface area is 189 Å². The summed E-state index contributed by atoms with van der Waals surface area (Å²) in [5.74, 6) is -0.480. The minimum absolute atomic E-state index is 0.224. The number of hydrogen-bond donors (Lipinski definition) is 1. The van der Waals surface area contributed by atoms with Gasteiger partial charge < -0.3 is 9.84 Å². The van der Waals surface area contributed by atoms with Gasteiger partial charge in [-0.2, -0.15) is 0 Å². The van der Waals surface area contributed by atoms with Crippen LogP contribution in [0.1, 0.15) is 56.9 Å². The average molecular weight is 438 g/mol. The van der Waals surface area contributed by atoms with Gasteiger partial charge in [0.25, 0.3) is 0 Å². The second kappa shape index (κ2) is 8.86. The van der Waals surface area contributed by atoms with E-state index >= 15 is 4.39 Å². The number of hydrogen-bond acceptors (Lipinski definition) is 3. The fraction of sp³-hybridized carbons (Fsp3) is 0.519. The predicted octanol–water partition coefficient (Wildman–Crippen LogP) is 5.89. The molecule has 4 nitrogen and oxygen atoms in total. The Morgan fingerprint density at radius 1 is 1.06 bits per heavy atom. The topological polar surface area (TPSA) is 49.8 Å². The van der Waals surface area contributed by atoms with Crippen molar-refractivity contribution in [1.29, 1.82) is 0 Å². The van der Waals surface area contributed by atoms with Gasteiger partial charge in [-0.15, -0.1) is 0 Å². The molecule has 170 valence electrons. The van der Waals surface area contributed by atoms with Gasteiger partial charge in [0.1, 0.15) is 11.6 Å². The maximum atomic E-state index is 15.3. The molecule has 2 saturated carbocycles. The summed E-state index contributed by atoms with van der Waals surface area (Å²) in [7, 11) is 0. The van der Waals surface area contributed by atoms with E-state index in [1.807, 2.05) is 35.2 Å². The van der Waals surface area contributed by atoms with Gasteiger partial charge in [-0.25, -0.2) is 4.39 Å². The molecular weight excluding hydrogens is 405 g/mol. The molecule has 5 heteroatoms. The molecule has 1 aliphatic heterocycles. The van der Waals surface area contributed by atoms with Gasteiger partial charge in [-0.3, -0.25) is 9.69 Å². The summed E-state index contributed by atoms with van der Waals surface area (Å²) in [6, 6.07) is 13.2. The van der Waals surface area contributed by atoms with Gasteiger partial charge in [0, 0.05) is 24.2 Å². The smallest absolute Gasteiger partial charge is 0.307 e. The van der Waals surface area contributed by atoms with Gasteiger partial charge in [0.05, 0.1) is 12.0 Å². The molecule has 3 aliphatic rings. The molecule has 3 fully saturated rings. The molecule has 1 N–H and O–H groups in total. The predicted molar refractivity (Wildman–Crippen MR) is 122 cm³/mol. The normalized spacial score (nSPS) is 23.2. The van der Waals surface area contributed by atoms with Crippen molar-refractivity contribution in [2.75, 3.05) is 13.1 Å². The van der Waals surface area contributed by atoms with Crippen molar-refractivity contribution in [2.45, 2.75) is 64.0 Å². The number of carboxylic acid groups (broad SMARTS) is 1. The monoisotopic (exact) mass is 437 g/mol. The minimum Gasteiger partial charge on any atom is -0.490 e. The maximum Gasteiger partial charge on any atom is 0.307 e. The number of nitrogens with zero attached hydrogens (tertiary/aromatic N) is 1. The second-order valence-electron chi connectivity index (χ2n) is 10.0. The fourth-order valence-electron chi connectivity index (χ4n) is 5.75. The number of halogens is 1. The summed E-state index contributed by atoms with van der Waals surface area (Å²) in [6.07, 6.45) is 9.97. The molecule has 0 aromatic heterocycles. The van der Waals surface area contributed by atoms with Crippen molar-refractivity contribution in [3.63, 3.8) is 0 Å². The molecule has 0 bridgehead atoms. The molecule has 1 unspecified atom stereocenters. The molecule has 1 atom stereocenters. The van der Waals surface area contributed by atoms with E-state index < -0.39 is 5.97 Å². The van der Waals surface area contributed by atoms with Crippen molar-refractivity contribution in [3.05, 3.63) is 53.8 Å². The van der Waals surface area contributed by atoms with Crippen molar-refractivity contribution < 1.29 is 19.0 Å². The van der Waals surface area contributed by atoms with Crippen molar-refractivity contribution in [1.82, 2.24) is 4.90 Å². The number of likely N-dealkylation sites (tertiary alicyclic amines) is 1. The zero-order valence-corrected chi connectivity index (χ0v) is 18.6. The maximum absolute atomic E-state index is 15.3. The summed E-state index contributed by atoms with van der Waals surface area (Å²) in [5, 5.41) is 9.20. The van der Waals surface area contributed by atoms with Crippen LogP contribution in [0.4, 0.5) is 4.39 Å².